The van der Waals surface area contributed by atoms with Crippen LogP contribution in [-0.4, -0.2) is 25.3 Å². The van der Waals surface area contributed by atoms with Crippen molar-refractivity contribution in [3.8, 4) is 0 Å². The predicted octanol–water partition coefficient (Wildman–Crippen LogP) is 4.44. The predicted molar refractivity (Wildman–Crippen MR) is 126 cm³/mol. The van der Waals surface area contributed by atoms with E-state index in [4.69, 9.17) is 4.43 Å². The Kier molecular flexibility index (Phi) is 5.91. The number of benzene rings is 2. The summed E-state index contributed by atoms with van der Waals surface area (Å²) < 4.78 is 7.07. The average Bonchev–Trinajstić information content (AvgIpc) is 3.20. The van der Waals surface area contributed by atoms with Crippen molar-refractivity contribution in [2.45, 2.75) is 44.8 Å². The van der Waals surface area contributed by atoms with Gasteiger partial charge in [0.05, 0.1) is 0 Å². The van der Waals surface area contributed by atoms with Gasteiger partial charge in [0.25, 0.3) is 8.32 Å². The van der Waals surface area contributed by atoms with Crippen molar-refractivity contribution in [1.29, 1.82) is 0 Å². The Labute approximate surface area is 183 Å². The molecule has 0 unspecified atom stereocenters. The molecule has 1 amide bonds. The lowest BCUT2D eigenvalue weighted by molar-refractivity contribution is -0.125. The summed E-state index contributed by atoms with van der Waals surface area (Å²) >= 11 is 1.44. The van der Waals surface area contributed by atoms with Gasteiger partial charge in [-0.3, -0.25) is 4.79 Å². The molecule has 0 atom stereocenters. The molecule has 1 fully saturated rings. The molecule has 0 saturated heterocycles. The van der Waals surface area contributed by atoms with Crippen LogP contribution < -0.4 is 15.7 Å². The first kappa shape index (κ1) is 21.0. The minimum Gasteiger partial charge on any atom is -0.404 e. The molecule has 6 heteroatoms. The van der Waals surface area contributed by atoms with E-state index in [1.807, 2.05) is 5.38 Å². The van der Waals surface area contributed by atoms with Gasteiger partial charge in [-0.25, -0.2) is 4.98 Å². The molecule has 3 aromatic rings. The van der Waals surface area contributed by atoms with Gasteiger partial charge in [0.15, 0.2) is 5.13 Å². The van der Waals surface area contributed by atoms with Gasteiger partial charge in [-0.15, -0.1) is 11.3 Å². The minimum absolute atomic E-state index is 0.0166. The number of hydrogen-bond donors (Lipinski definition) is 1. The molecule has 4 nitrogen and oxygen atoms in total. The van der Waals surface area contributed by atoms with Crippen LogP contribution in [0.15, 0.2) is 72.2 Å². The van der Waals surface area contributed by atoms with E-state index in [-0.39, 0.29) is 23.0 Å². The minimum atomic E-state index is -2.55. The maximum absolute atomic E-state index is 12.6. The largest absolute Gasteiger partial charge is 0.404 e. The van der Waals surface area contributed by atoms with Crippen LogP contribution >= 0.6 is 11.3 Å². The van der Waals surface area contributed by atoms with E-state index in [1.165, 1.54) is 21.7 Å². The highest BCUT2D eigenvalue weighted by Gasteiger charge is 2.53. The Hall–Kier alpha value is -2.28. The van der Waals surface area contributed by atoms with Gasteiger partial charge in [0.1, 0.15) is 0 Å². The third-order valence-corrected chi connectivity index (χ3v) is 11.7. The Morgan fingerprint density at radius 1 is 1.03 bits per heavy atom. The quantitative estimate of drug-likeness (QED) is 0.581. The van der Waals surface area contributed by atoms with Crippen molar-refractivity contribution < 1.29 is 9.22 Å². The molecule has 1 N–H and O–H groups in total. The lowest BCUT2D eigenvalue weighted by Gasteiger charge is -2.48. The van der Waals surface area contributed by atoms with Gasteiger partial charge in [-0.2, -0.15) is 0 Å². The number of aromatic nitrogens is 1. The first-order valence-corrected chi connectivity index (χ1v) is 13.2. The normalized spacial score (nSPS) is 19.2. The molecule has 1 heterocycles. The summed E-state index contributed by atoms with van der Waals surface area (Å²) in [5, 5.41) is 7.96. The van der Waals surface area contributed by atoms with Gasteiger partial charge in [0.2, 0.25) is 5.91 Å². The number of carbonyl (C=O) groups excluding carboxylic acids is 1. The maximum atomic E-state index is 12.6. The fourth-order valence-electron chi connectivity index (χ4n) is 4.31. The van der Waals surface area contributed by atoms with Crippen molar-refractivity contribution in [1.82, 2.24) is 4.98 Å². The van der Waals surface area contributed by atoms with Crippen molar-refractivity contribution >= 4 is 41.1 Å². The van der Waals surface area contributed by atoms with E-state index in [0.717, 1.165) is 12.8 Å². The molecule has 0 bridgehead atoms. The number of rotatable bonds is 6. The highest BCUT2D eigenvalue weighted by Crippen LogP contribution is 2.41. The average molecular weight is 437 g/mol. The van der Waals surface area contributed by atoms with E-state index in [0.29, 0.717) is 5.13 Å². The van der Waals surface area contributed by atoms with Crippen molar-refractivity contribution in [2.75, 3.05) is 5.32 Å². The summed E-state index contributed by atoms with van der Waals surface area (Å²) in [6, 6.07) is 21.3. The second-order valence-corrected chi connectivity index (χ2v) is 14.0. The van der Waals surface area contributed by atoms with E-state index in [9.17, 15) is 4.79 Å². The lowest BCUT2D eigenvalue weighted by atomic mass is 9.82. The number of nitrogens with zero attached hydrogens (tertiary/aromatic N) is 1. The number of anilines is 1. The SMILES string of the molecule is CC(C)(C)[Si](O[C@H]1C[C@H](C(=O)Nc2nccs2)C1)(c1ccccc1)c1ccccc1. The zero-order valence-corrected chi connectivity index (χ0v) is 19.5. The Morgan fingerprint density at radius 3 is 2.07 bits per heavy atom. The fraction of sp³-hybridized carbons (Fsp3) is 0.333. The van der Waals surface area contributed by atoms with E-state index < -0.39 is 8.32 Å². The Bertz CT molecular complexity index is 926. The molecule has 1 aromatic heterocycles. The topological polar surface area (TPSA) is 51.2 Å². The second-order valence-electron chi connectivity index (χ2n) is 8.90. The number of thiazole rings is 1. The first-order chi connectivity index (χ1) is 14.4. The summed E-state index contributed by atoms with van der Waals surface area (Å²) in [6.45, 7) is 6.85. The lowest BCUT2D eigenvalue weighted by Crippen LogP contribution is -2.68. The molecule has 0 aliphatic heterocycles. The van der Waals surface area contributed by atoms with Crippen molar-refractivity contribution in [3.05, 3.63) is 72.2 Å². The molecule has 1 aliphatic carbocycles. The molecular formula is C24H28N2O2SSi. The summed E-state index contributed by atoms with van der Waals surface area (Å²) in [6.07, 6.45) is 3.29. The van der Waals surface area contributed by atoms with Gasteiger partial charge < -0.3 is 9.74 Å². The summed E-state index contributed by atoms with van der Waals surface area (Å²) in [4.78, 5) is 16.7. The first-order valence-electron chi connectivity index (χ1n) is 10.4. The van der Waals surface area contributed by atoms with Crippen LogP contribution in [0.25, 0.3) is 0 Å². The third kappa shape index (κ3) is 3.99. The van der Waals surface area contributed by atoms with E-state index >= 15 is 0 Å². The number of amides is 1. The number of carbonyl (C=O) groups is 1. The standard InChI is InChI=1S/C24H28N2O2SSi/c1-24(2,3)30(20-10-6-4-7-11-20,21-12-8-5-9-13-21)28-19-16-18(17-19)22(27)26-23-25-14-15-29-23/h4-15,18-19H,16-17H2,1-3H3,(H,25,26,27)/t18-,19-. The second kappa shape index (κ2) is 8.45. The van der Waals surface area contributed by atoms with Crippen LogP contribution in [-0.2, 0) is 9.22 Å². The van der Waals surface area contributed by atoms with Crippen LogP contribution in [0, 0.1) is 5.92 Å². The molecule has 1 saturated carbocycles. The molecule has 0 radical (unpaired) electrons. The molecule has 30 heavy (non-hydrogen) atoms. The van der Waals surface area contributed by atoms with Crippen LogP contribution in [0.3, 0.4) is 0 Å². The molecular weight excluding hydrogens is 408 g/mol. The molecule has 0 spiro atoms. The van der Waals surface area contributed by atoms with Crippen molar-refractivity contribution in [3.63, 3.8) is 0 Å². The van der Waals surface area contributed by atoms with Crippen LogP contribution in [0.4, 0.5) is 5.13 Å². The summed E-state index contributed by atoms with van der Waals surface area (Å²) in [5.74, 6) is 0.0318. The van der Waals surface area contributed by atoms with E-state index in [1.54, 1.807) is 6.20 Å². The molecule has 156 valence electrons. The van der Waals surface area contributed by atoms with E-state index in [2.05, 4.69) is 91.7 Å². The Balaban J connectivity index is 1.58. The molecule has 4 rings (SSSR count). The van der Waals surface area contributed by atoms with Gasteiger partial charge in [-0.05, 0) is 28.3 Å². The number of hydrogen-bond acceptors (Lipinski definition) is 4. The molecule has 1 aliphatic rings. The smallest absolute Gasteiger partial charge is 0.261 e. The number of nitrogens with one attached hydrogen (secondary N) is 1. The molecule has 2 aromatic carbocycles. The Morgan fingerprint density at radius 2 is 1.60 bits per heavy atom. The van der Waals surface area contributed by atoms with Crippen LogP contribution in [0.5, 0.6) is 0 Å². The summed E-state index contributed by atoms with van der Waals surface area (Å²) in [7, 11) is -2.55. The summed E-state index contributed by atoms with van der Waals surface area (Å²) in [5.41, 5.74) is 0. The zero-order valence-electron chi connectivity index (χ0n) is 17.7. The van der Waals surface area contributed by atoms with Crippen LogP contribution in [0.1, 0.15) is 33.6 Å². The van der Waals surface area contributed by atoms with Crippen molar-refractivity contribution in [2.24, 2.45) is 5.92 Å². The van der Waals surface area contributed by atoms with Gasteiger partial charge in [0, 0.05) is 23.6 Å². The zero-order chi connectivity index (χ0) is 21.2. The van der Waals surface area contributed by atoms with Gasteiger partial charge in [-0.1, -0.05) is 81.4 Å². The third-order valence-electron chi connectivity index (χ3n) is 5.89. The monoisotopic (exact) mass is 436 g/mol. The highest BCUT2D eigenvalue weighted by atomic mass is 32.1. The fourth-order valence-corrected chi connectivity index (χ4v) is 9.55. The highest BCUT2D eigenvalue weighted by molar-refractivity contribution is 7.13. The van der Waals surface area contributed by atoms with Gasteiger partial charge >= 0.3 is 0 Å². The van der Waals surface area contributed by atoms with Crippen LogP contribution in [0.2, 0.25) is 5.04 Å². The maximum Gasteiger partial charge on any atom is 0.261 e.